The van der Waals surface area contributed by atoms with Crippen molar-refractivity contribution in [3.8, 4) is 5.75 Å². The number of rotatable bonds is 6. The molecule has 1 atom stereocenters. The third-order valence-corrected chi connectivity index (χ3v) is 3.54. The predicted octanol–water partition coefficient (Wildman–Crippen LogP) is 3.67. The average Bonchev–Trinajstić information content (AvgIpc) is 2.48. The molecule has 1 unspecified atom stereocenters. The quantitative estimate of drug-likeness (QED) is 0.875. The van der Waals surface area contributed by atoms with E-state index >= 15 is 0 Å². The summed E-state index contributed by atoms with van der Waals surface area (Å²) in [6, 6.07) is 15.9. The highest BCUT2D eigenvalue weighted by molar-refractivity contribution is 9.10. The maximum absolute atomic E-state index is 5.91. The standard InChI is InChI=1S/C16H18BrNO2/c1-19-15-7-5-13(6-8-15)16(10-18)20-11-12-3-2-4-14(17)9-12/h2-9,16H,10-11,18H2,1H3. The molecule has 0 saturated carbocycles. The van der Waals surface area contributed by atoms with Gasteiger partial charge in [0.1, 0.15) is 5.75 Å². The van der Waals surface area contributed by atoms with E-state index in [0.29, 0.717) is 13.2 Å². The predicted molar refractivity (Wildman–Crippen MR) is 83.7 cm³/mol. The van der Waals surface area contributed by atoms with Crippen molar-refractivity contribution < 1.29 is 9.47 Å². The molecule has 0 aliphatic carbocycles. The van der Waals surface area contributed by atoms with Crippen molar-refractivity contribution in [2.45, 2.75) is 12.7 Å². The smallest absolute Gasteiger partial charge is 0.118 e. The molecule has 0 spiro atoms. The van der Waals surface area contributed by atoms with Crippen LogP contribution in [0.4, 0.5) is 0 Å². The molecule has 3 nitrogen and oxygen atoms in total. The molecule has 2 rings (SSSR count). The normalized spacial score (nSPS) is 12.2. The van der Waals surface area contributed by atoms with Gasteiger partial charge in [0, 0.05) is 11.0 Å². The molecular weight excluding hydrogens is 318 g/mol. The van der Waals surface area contributed by atoms with E-state index in [0.717, 1.165) is 21.3 Å². The molecule has 0 amide bonds. The summed E-state index contributed by atoms with van der Waals surface area (Å²) in [6.07, 6.45) is -0.111. The number of hydrogen-bond acceptors (Lipinski definition) is 3. The second kappa shape index (κ2) is 7.43. The first-order valence-corrected chi connectivity index (χ1v) is 7.22. The Bertz CT molecular complexity index is 542. The molecule has 0 radical (unpaired) electrons. The average molecular weight is 336 g/mol. The molecule has 0 heterocycles. The largest absolute Gasteiger partial charge is 0.497 e. The van der Waals surface area contributed by atoms with E-state index in [1.54, 1.807) is 7.11 Å². The maximum Gasteiger partial charge on any atom is 0.118 e. The first kappa shape index (κ1) is 15.0. The van der Waals surface area contributed by atoms with Crippen molar-refractivity contribution in [2.75, 3.05) is 13.7 Å². The Morgan fingerprint density at radius 3 is 2.50 bits per heavy atom. The zero-order chi connectivity index (χ0) is 14.4. The first-order chi connectivity index (χ1) is 9.72. The van der Waals surface area contributed by atoms with Crippen molar-refractivity contribution in [3.05, 3.63) is 64.1 Å². The highest BCUT2D eigenvalue weighted by Gasteiger charge is 2.10. The van der Waals surface area contributed by atoms with Gasteiger partial charge in [-0.25, -0.2) is 0 Å². The molecule has 2 N–H and O–H groups in total. The van der Waals surface area contributed by atoms with Crippen molar-refractivity contribution in [1.82, 2.24) is 0 Å². The second-order valence-corrected chi connectivity index (χ2v) is 5.35. The Morgan fingerprint density at radius 1 is 1.15 bits per heavy atom. The molecule has 0 saturated heterocycles. The van der Waals surface area contributed by atoms with Gasteiger partial charge in [0.15, 0.2) is 0 Å². The van der Waals surface area contributed by atoms with Gasteiger partial charge in [-0.15, -0.1) is 0 Å². The second-order valence-electron chi connectivity index (χ2n) is 4.44. The molecule has 0 aliphatic heterocycles. The van der Waals surface area contributed by atoms with E-state index in [9.17, 15) is 0 Å². The molecule has 2 aromatic rings. The fraction of sp³-hybridized carbons (Fsp3) is 0.250. The number of nitrogens with two attached hydrogens (primary N) is 1. The van der Waals surface area contributed by atoms with Crippen LogP contribution in [-0.4, -0.2) is 13.7 Å². The van der Waals surface area contributed by atoms with Gasteiger partial charge in [-0.3, -0.25) is 0 Å². The van der Waals surface area contributed by atoms with Crippen LogP contribution in [0.25, 0.3) is 0 Å². The lowest BCUT2D eigenvalue weighted by atomic mass is 10.1. The molecular formula is C16H18BrNO2. The Hall–Kier alpha value is -1.36. The zero-order valence-electron chi connectivity index (χ0n) is 11.4. The van der Waals surface area contributed by atoms with Gasteiger partial charge in [-0.1, -0.05) is 40.2 Å². The summed E-state index contributed by atoms with van der Waals surface area (Å²) in [7, 11) is 1.65. The first-order valence-electron chi connectivity index (χ1n) is 6.43. The summed E-state index contributed by atoms with van der Waals surface area (Å²) in [4.78, 5) is 0. The van der Waals surface area contributed by atoms with Crippen LogP contribution in [0.5, 0.6) is 5.75 Å². The summed E-state index contributed by atoms with van der Waals surface area (Å²) in [5.41, 5.74) is 7.98. The van der Waals surface area contributed by atoms with Crippen LogP contribution in [0.1, 0.15) is 17.2 Å². The van der Waals surface area contributed by atoms with Gasteiger partial charge >= 0.3 is 0 Å². The minimum atomic E-state index is -0.111. The molecule has 4 heteroatoms. The van der Waals surface area contributed by atoms with Gasteiger partial charge in [-0.05, 0) is 35.4 Å². The zero-order valence-corrected chi connectivity index (χ0v) is 13.0. The maximum atomic E-state index is 5.91. The van der Waals surface area contributed by atoms with Gasteiger partial charge in [-0.2, -0.15) is 0 Å². The molecule has 0 bridgehead atoms. The molecule has 2 aromatic carbocycles. The SMILES string of the molecule is COc1ccc(C(CN)OCc2cccc(Br)c2)cc1. The van der Waals surface area contributed by atoms with Crippen LogP contribution in [0, 0.1) is 0 Å². The third kappa shape index (κ3) is 4.07. The summed E-state index contributed by atoms with van der Waals surface area (Å²) in [5.74, 6) is 0.830. The lowest BCUT2D eigenvalue weighted by Crippen LogP contribution is -2.15. The van der Waals surface area contributed by atoms with Gasteiger partial charge in [0.2, 0.25) is 0 Å². The van der Waals surface area contributed by atoms with Gasteiger partial charge < -0.3 is 15.2 Å². The number of halogens is 1. The highest BCUT2D eigenvalue weighted by Crippen LogP contribution is 2.22. The minimum Gasteiger partial charge on any atom is -0.497 e. The lowest BCUT2D eigenvalue weighted by Gasteiger charge is -2.17. The number of methoxy groups -OCH3 is 1. The van der Waals surface area contributed by atoms with Crippen LogP contribution in [0.2, 0.25) is 0 Å². The Kier molecular flexibility index (Phi) is 5.59. The summed E-state index contributed by atoms with van der Waals surface area (Å²) >= 11 is 3.45. The molecule has 0 fully saturated rings. The van der Waals surface area contributed by atoms with Crippen LogP contribution in [0.3, 0.4) is 0 Å². The Balaban J connectivity index is 2.01. The van der Waals surface area contributed by atoms with E-state index in [1.165, 1.54) is 0 Å². The van der Waals surface area contributed by atoms with E-state index in [4.69, 9.17) is 15.2 Å². The number of ether oxygens (including phenoxy) is 2. The van der Waals surface area contributed by atoms with Crippen LogP contribution in [-0.2, 0) is 11.3 Å². The third-order valence-electron chi connectivity index (χ3n) is 3.04. The number of benzene rings is 2. The van der Waals surface area contributed by atoms with Crippen molar-refractivity contribution in [1.29, 1.82) is 0 Å². The van der Waals surface area contributed by atoms with Gasteiger partial charge in [0.05, 0.1) is 19.8 Å². The van der Waals surface area contributed by atoms with E-state index in [-0.39, 0.29) is 6.10 Å². The van der Waals surface area contributed by atoms with E-state index < -0.39 is 0 Å². The molecule has 106 valence electrons. The molecule has 0 aromatic heterocycles. The monoisotopic (exact) mass is 335 g/mol. The number of hydrogen-bond donors (Lipinski definition) is 1. The molecule has 0 aliphatic rings. The fourth-order valence-electron chi connectivity index (χ4n) is 1.94. The van der Waals surface area contributed by atoms with E-state index in [1.807, 2.05) is 48.5 Å². The Morgan fingerprint density at radius 2 is 1.90 bits per heavy atom. The highest BCUT2D eigenvalue weighted by atomic mass is 79.9. The van der Waals surface area contributed by atoms with Crippen LogP contribution >= 0.6 is 15.9 Å². The van der Waals surface area contributed by atoms with E-state index in [2.05, 4.69) is 15.9 Å². The summed E-state index contributed by atoms with van der Waals surface area (Å²) < 4.78 is 12.1. The summed E-state index contributed by atoms with van der Waals surface area (Å²) in [6.45, 7) is 0.980. The summed E-state index contributed by atoms with van der Waals surface area (Å²) in [5, 5.41) is 0. The van der Waals surface area contributed by atoms with Crippen LogP contribution in [0.15, 0.2) is 53.0 Å². The van der Waals surface area contributed by atoms with Crippen LogP contribution < -0.4 is 10.5 Å². The lowest BCUT2D eigenvalue weighted by molar-refractivity contribution is 0.0456. The van der Waals surface area contributed by atoms with Crippen molar-refractivity contribution in [3.63, 3.8) is 0 Å². The minimum absolute atomic E-state index is 0.111. The van der Waals surface area contributed by atoms with Crippen molar-refractivity contribution >= 4 is 15.9 Å². The van der Waals surface area contributed by atoms with Gasteiger partial charge in [0.25, 0.3) is 0 Å². The Labute approximate surface area is 127 Å². The fourth-order valence-corrected chi connectivity index (χ4v) is 2.39. The molecule has 20 heavy (non-hydrogen) atoms. The van der Waals surface area contributed by atoms with Crippen molar-refractivity contribution in [2.24, 2.45) is 5.73 Å². The topological polar surface area (TPSA) is 44.5 Å².